The van der Waals surface area contributed by atoms with Crippen LogP contribution in [0.1, 0.15) is 0 Å². The number of hydrogen-bond acceptors (Lipinski definition) is 5. The summed E-state index contributed by atoms with van der Waals surface area (Å²) in [6.45, 7) is 0. The van der Waals surface area contributed by atoms with Gasteiger partial charge >= 0.3 is 8.26 Å². The van der Waals surface area contributed by atoms with E-state index in [4.69, 9.17) is 14.2 Å². The molecule has 0 heterocycles. The molecule has 1 aromatic carbocycles. The van der Waals surface area contributed by atoms with Crippen molar-refractivity contribution in [3.05, 3.63) is 34.4 Å². The fraction of sp³-hybridized carbons (Fsp3) is 0. The average Bonchev–Trinajstić information content (AvgIpc) is 2.01. The number of nitrogens with two attached hydrogens (primary N) is 1. The van der Waals surface area contributed by atoms with Crippen molar-refractivity contribution in [2.45, 2.75) is 0 Å². The Morgan fingerprint density at radius 2 is 1.67 bits per heavy atom. The lowest BCUT2D eigenvalue weighted by Crippen LogP contribution is -1.93. The Bertz CT molecular complexity index is 440. The quantitative estimate of drug-likeness (QED) is 0.364. The number of nitro benzene ring substituents is 1. The first kappa shape index (κ1) is 13.9. The predicted octanol–water partition coefficient (Wildman–Crippen LogP) is 1.89. The van der Waals surface area contributed by atoms with Crippen molar-refractivity contribution in [1.82, 2.24) is 0 Å². The van der Waals surface area contributed by atoms with E-state index in [1.807, 2.05) is 0 Å². The zero-order valence-electron chi connectivity index (χ0n) is 7.13. The molecule has 0 aliphatic heterocycles. The van der Waals surface area contributed by atoms with Gasteiger partial charge < -0.3 is 5.73 Å². The molecule has 0 fully saturated rings. The van der Waals surface area contributed by atoms with Gasteiger partial charge in [-0.2, -0.15) is 8.42 Å². The minimum absolute atomic E-state index is 0.0394. The molecule has 0 unspecified atom stereocenters. The monoisotopic (exact) mass is 272 g/mol. The van der Waals surface area contributed by atoms with Crippen LogP contribution in [0.2, 0.25) is 0 Å². The molecule has 1 rings (SSSR count). The molecule has 0 atom stereocenters. The van der Waals surface area contributed by atoms with E-state index in [1.54, 1.807) is 12.1 Å². The van der Waals surface area contributed by atoms with Crippen LogP contribution in [0.3, 0.4) is 0 Å². The summed E-state index contributed by atoms with van der Waals surface area (Å²) >= 11 is 0. The van der Waals surface area contributed by atoms with Crippen molar-refractivity contribution in [2.24, 2.45) is 0 Å². The van der Waals surface area contributed by atoms with Crippen LogP contribution in [0.15, 0.2) is 24.3 Å². The molecule has 0 aromatic heterocycles. The van der Waals surface area contributed by atoms with Gasteiger partial charge in [0.2, 0.25) is 0 Å². The number of para-hydroxylation sites is 2. The highest BCUT2D eigenvalue weighted by Gasteiger charge is 2.07. The van der Waals surface area contributed by atoms with Crippen molar-refractivity contribution < 1.29 is 13.3 Å². The molecule has 15 heavy (non-hydrogen) atoms. The molecular formula is C6H6Cl2N2O4S. The fourth-order valence-corrected chi connectivity index (χ4v) is 0.654. The molecule has 0 saturated carbocycles. The van der Waals surface area contributed by atoms with Crippen LogP contribution in [0, 0.1) is 10.1 Å². The summed E-state index contributed by atoms with van der Waals surface area (Å²) < 4.78 is 18.3. The fourth-order valence-electron chi connectivity index (χ4n) is 0.654. The average molecular weight is 273 g/mol. The lowest BCUT2D eigenvalue weighted by atomic mass is 10.3. The molecular weight excluding hydrogens is 267 g/mol. The van der Waals surface area contributed by atoms with Gasteiger partial charge in [-0.15, -0.1) is 0 Å². The Morgan fingerprint density at radius 3 is 1.93 bits per heavy atom. The first-order valence-electron chi connectivity index (χ1n) is 3.35. The van der Waals surface area contributed by atoms with Crippen molar-refractivity contribution in [1.29, 1.82) is 0 Å². The van der Waals surface area contributed by atoms with Gasteiger partial charge in [-0.25, -0.2) is 0 Å². The lowest BCUT2D eigenvalue weighted by Gasteiger charge is -1.92. The molecule has 84 valence electrons. The van der Waals surface area contributed by atoms with Crippen LogP contribution in [-0.2, 0) is 8.26 Å². The van der Waals surface area contributed by atoms with Crippen LogP contribution in [0.5, 0.6) is 0 Å². The van der Waals surface area contributed by atoms with Crippen LogP contribution in [0.4, 0.5) is 11.4 Å². The third kappa shape index (κ3) is 7.98. The summed E-state index contributed by atoms with van der Waals surface area (Å²) in [5.41, 5.74) is 5.44. The normalized spacial score (nSPS) is 10.0. The van der Waals surface area contributed by atoms with E-state index in [0.29, 0.717) is 0 Å². The molecule has 0 spiro atoms. The Hall–Kier alpha value is -1.05. The highest BCUT2D eigenvalue weighted by atomic mass is 36.0. The zero-order valence-corrected chi connectivity index (χ0v) is 9.46. The number of nitrogen functional groups attached to an aromatic ring is 1. The van der Waals surface area contributed by atoms with E-state index >= 15 is 0 Å². The number of nitrogens with zero attached hydrogens (tertiary/aromatic N) is 1. The van der Waals surface area contributed by atoms with Gasteiger partial charge in [0.05, 0.1) is 4.92 Å². The summed E-state index contributed by atoms with van der Waals surface area (Å²) in [5, 5.41) is 10.1. The number of halogens is 2. The maximum absolute atomic E-state index is 10.1. The first-order valence-corrected chi connectivity index (χ1v) is 6.48. The number of hydrogen-bond donors (Lipinski definition) is 1. The van der Waals surface area contributed by atoms with Gasteiger partial charge in [-0.05, 0) is 6.07 Å². The van der Waals surface area contributed by atoms with Gasteiger partial charge in [-0.3, -0.25) is 10.1 Å². The second-order valence-electron chi connectivity index (χ2n) is 2.19. The van der Waals surface area contributed by atoms with Crippen LogP contribution in [0.25, 0.3) is 0 Å². The van der Waals surface area contributed by atoms with E-state index in [2.05, 4.69) is 21.4 Å². The Morgan fingerprint density at radius 1 is 1.27 bits per heavy atom. The summed E-state index contributed by atoms with van der Waals surface area (Å²) in [5.74, 6) is 0. The zero-order chi connectivity index (χ0) is 12.1. The smallest absolute Gasteiger partial charge is 0.317 e. The maximum atomic E-state index is 10.1. The third-order valence-electron chi connectivity index (χ3n) is 1.13. The van der Waals surface area contributed by atoms with E-state index in [1.165, 1.54) is 12.1 Å². The standard InChI is InChI=1S/C6H6N2O2.Cl2O2S/c7-5-3-1-2-4-6(5)8(9)10;1-5(2,3)4/h1-4H,7H2;. The summed E-state index contributed by atoms with van der Waals surface area (Å²) in [4.78, 5) is 9.64. The van der Waals surface area contributed by atoms with E-state index in [0.717, 1.165) is 0 Å². The number of nitro groups is 1. The Kier molecular flexibility index (Phi) is 5.34. The topological polar surface area (TPSA) is 103 Å². The number of benzene rings is 1. The SMILES string of the molecule is Nc1ccccc1[N+](=O)[O-].O=S(=O)(Cl)Cl. The van der Waals surface area contributed by atoms with Crippen molar-refractivity contribution in [2.75, 3.05) is 5.73 Å². The number of rotatable bonds is 1. The second kappa shape index (κ2) is 5.74. The minimum atomic E-state index is -3.72. The second-order valence-corrected chi connectivity index (χ2v) is 5.86. The predicted molar refractivity (Wildman–Crippen MR) is 58.1 cm³/mol. The van der Waals surface area contributed by atoms with Gasteiger partial charge in [0.1, 0.15) is 5.69 Å². The van der Waals surface area contributed by atoms with Crippen LogP contribution >= 0.6 is 21.4 Å². The first-order chi connectivity index (χ1) is 6.72. The van der Waals surface area contributed by atoms with Crippen molar-refractivity contribution in [3.63, 3.8) is 0 Å². The van der Waals surface area contributed by atoms with E-state index in [-0.39, 0.29) is 11.4 Å². The molecule has 0 aliphatic carbocycles. The van der Waals surface area contributed by atoms with Crippen LogP contribution < -0.4 is 5.73 Å². The molecule has 0 saturated heterocycles. The largest absolute Gasteiger partial charge is 0.393 e. The molecule has 0 amide bonds. The lowest BCUT2D eigenvalue weighted by molar-refractivity contribution is -0.383. The molecule has 9 heteroatoms. The Balaban J connectivity index is 0.000000336. The number of anilines is 1. The maximum Gasteiger partial charge on any atom is 0.317 e. The minimum Gasteiger partial charge on any atom is -0.393 e. The van der Waals surface area contributed by atoms with Crippen molar-refractivity contribution >= 4 is 41.0 Å². The van der Waals surface area contributed by atoms with E-state index in [9.17, 15) is 10.1 Å². The third-order valence-corrected chi connectivity index (χ3v) is 1.13. The molecule has 2 N–H and O–H groups in total. The van der Waals surface area contributed by atoms with Gasteiger partial charge in [0, 0.05) is 27.4 Å². The molecule has 0 bridgehead atoms. The summed E-state index contributed by atoms with van der Waals surface area (Å²) in [7, 11) is 4.81. The highest BCUT2D eigenvalue weighted by molar-refractivity contribution is 8.31. The van der Waals surface area contributed by atoms with Gasteiger partial charge in [0.15, 0.2) is 0 Å². The van der Waals surface area contributed by atoms with Gasteiger partial charge in [0.25, 0.3) is 5.69 Å². The Labute approximate surface area is 94.7 Å². The molecule has 0 aliphatic rings. The molecule has 0 radical (unpaired) electrons. The van der Waals surface area contributed by atoms with Crippen molar-refractivity contribution in [3.8, 4) is 0 Å². The molecule has 6 nitrogen and oxygen atoms in total. The van der Waals surface area contributed by atoms with Gasteiger partial charge in [-0.1, -0.05) is 12.1 Å². The van der Waals surface area contributed by atoms with Crippen LogP contribution in [-0.4, -0.2) is 13.3 Å². The summed E-state index contributed by atoms with van der Waals surface area (Å²) in [6.07, 6.45) is 0. The highest BCUT2D eigenvalue weighted by Crippen LogP contribution is 2.18. The summed E-state index contributed by atoms with van der Waals surface area (Å²) in [6, 6.07) is 6.10. The van der Waals surface area contributed by atoms with E-state index < -0.39 is 13.2 Å². The molecule has 1 aromatic rings.